The molecule has 1 fully saturated rings. The summed E-state index contributed by atoms with van der Waals surface area (Å²) in [6.45, 7) is 4.19. The standard InChI is InChI=1S/C13H17N5/c1-9-5-3-6-10(11(9)14)12-15-16-17-18(12)13(2)7-4-8-13/h3,5-6H,4,7-8,14H2,1-2H3. The molecule has 18 heavy (non-hydrogen) atoms. The van der Waals surface area contributed by atoms with Crippen LogP contribution in [0.25, 0.3) is 11.4 Å². The van der Waals surface area contributed by atoms with E-state index in [0.29, 0.717) is 0 Å². The van der Waals surface area contributed by atoms with Crippen molar-refractivity contribution >= 4 is 5.69 Å². The van der Waals surface area contributed by atoms with Crippen LogP contribution in [0, 0.1) is 6.92 Å². The van der Waals surface area contributed by atoms with E-state index in [-0.39, 0.29) is 5.54 Å². The van der Waals surface area contributed by atoms with E-state index in [1.165, 1.54) is 6.42 Å². The average Bonchev–Trinajstić information content (AvgIpc) is 2.79. The van der Waals surface area contributed by atoms with Gasteiger partial charge in [0.1, 0.15) is 0 Å². The maximum Gasteiger partial charge on any atom is 0.184 e. The number of tetrazole rings is 1. The molecular weight excluding hydrogens is 226 g/mol. The van der Waals surface area contributed by atoms with Gasteiger partial charge in [-0.05, 0) is 55.2 Å². The van der Waals surface area contributed by atoms with Crippen LogP contribution in [-0.4, -0.2) is 20.2 Å². The van der Waals surface area contributed by atoms with Gasteiger partial charge < -0.3 is 5.73 Å². The number of hydrogen-bond donors (Lipinski definition) is 1. The molecule has 1 aliphatic rings. The molecular formula is C13H17N5. The minimum Gasteiger partial charge on any atom is -0.398 e. The number of benzene rings is 1. The van der Waals surface area contributed by atoms with Crippen molar-refractivity contribution < 1.29 is 0 Å². The van der Waals surface area contributed by atoms with Crippen LogP contribution in [-0.2, 0) is 5.54 Å². The lowest BCUT2D eigenvalue weighted by atomic mass is 9.78. The molecule has 0 radical (unpaired) electrons. The summed E-state index contributed by atoms with van der Waals surface area (Å²) in [4.78, 5) is 0. The third-order valence-electron chi connectivity index (χ3n) is 3.98. The van der Waals surface area contributed by atoms with E-state index in [1.807, 2.05) is 29.8 Å². The molecule has 2 aromatic rings. The summed E-state index contributed by atoms with van der Waals surface area (Å²) in [7, 11) is 0. The molecule has 5 nitrogen and oxygen atoms in total. The van der Waals surface area contributed by atoms with E-state index in [9.17, 15) is 0 Å². The zero-order chi connectivity index (χ0) is 12.8. The number of aromatic nitrogens is 4. The van der Waals surface area contributed by atoms with Gasteiger partial charge >= 0.3 is 0 Å². The Labute approximate surface area is 106 Å². The highest BCUT2D eigenvalue weighted by Gasteiger charge is 2.37. The number of nitrogens with zero attached hydrogens (tertiary/aromatic N) is 4. The van der Waals surface area contributed by atoms with Gasteiger partial charge in [-0.3, -0.25) is 0 Å². The molecule has 0 amide bonds. The third kappa shape index (κ3) is 1.50. The lowest BCUT2D eigenvalue weighted by Crippen LogP contribution is -2.38. The van der Waals surface area contributed by atoms with Crippen LogP contribution in [0.1, 0.15) is 31.7 Å². The highest BCUT2D eigenvalue weighted by atomic mass is 15.6. The van der Waals surface area contributed by atoms with Gasteiger partial charge in [-0.15, -0.1) is 5.10 Å². The summed E-state index contributed by atoms with van der Waals surface area (Å²) >= 11 is 0. The van der Waals surface area contributed by atoms with Crippen LogP contribution in [0.4, 0.5) is 5.69 Å². The quantitative estimate of drug-likeness (QED) is 0.820. The van der Waals surface area contributed by atoms with Crippen molar-refractivity contribution in [3.63, 3.8) is 0 Å². The van der Waals surface area contributed by atoms with Crippen LogP contribution in [0.5, 0.6) is 0 Å². The highest BCUT2D eigenvalue weighted by Crippen LogP contribution is 2.40. The fraction of sp³-hybridized carbons (Fsp3) is 0.462. The Morgan fingerprint density at radius 1 is 1.33 bits per heavy atom. The van der Waals surface area contributed by atoms with Crippen LogP contribution < -0.4 is 5.73 Å². The predicted octanol–water partition coefficient (Wildman–Crippen LogP) is 2.13. The van der Waals surface area contributed by atoms with E-state index in [1.54, 1.807) is 0 Å². The highest BCUT2D eigenvalue weighted by molar-refractivity contribution is 5.74. The van der Waals surface area contributed by atoms with Crippen molar-refractivity contribution in [2.45, 2.75) is 38.6 Å². The molecule has 1 aliphatic carbocycles. The fourth-order valence-corrected chi connectivity index (χ4v) is 2.49. The number of rotatable bonds is 2. The van der Waals surface area contributed by atoms with Gasteiger partial charge in [0.25, 0.3) is 0 Å². The maximum absolute atomic E-state index is 6.14. The lowest BCUT2D eigenvalue weighted by molar-refractivity contribution is 0.148. The van der Waals surface area contributed by atoms with E-state index in [2.05, 4.69) is 22.4 Å². The van der Waals surface area contributed by atoms with Crippen molar-refractivity contribution in [3.05, 3.63) is 23.8 Å². The maximum atomic E-state index is 6.14. The molecule has 0 unspecified atom stereocenters. The van der Waals surface area contributed by atoms with Gasteiger partial charge in [-0.25, -0.2) is 4.68 Å². The van der Waals surface area contributed by atoms with Crippen molar-refractivity contribution in [3.8, 4) is 11.4 Å². The summed E-state index contributed by atoms with van der Waals surface area (Å²) in [5.74, 6) is 0.776. The largest absolute Gasteiger partial charge is 0.398 e. The Morgan fingerprint density at radius 3 is 2.78 bits per heavy atom. The summed E-state index contributed by atoms with van der Waals surface area (Å²) < 4.78 is 1.93. The number of anilines is 1. The van der Waals surface area contributed by atoms with E-state index >= 15 is 0 Å². The first-order valence-corrected chi connectivity index (χ1v) is 6.26. The normalized spacial score (nSPS) is 17.4. The van der Waals surface area contributed by atoms with Crippen molar-refractivity contribution in [1.82, 2.24) is 20.2 Å². The molecule has 2 N–H and O–H groups in total. The molecule has 0 spiro atoms. The molecule has 3 rings (SSSR count). The Kier molecular flexibility index (Phi) is 2.36. The first-order valence-electron chi connectivity index (χ1n) is 6.26. The van der Waals surface area contributed by atoms with Crippen LogP contribution >= 0.6 is 0 Å². The second kappa shape index (κ2) is 3.80. The molecule has 1 aromatic heterocycles. The molecule has 1 saturated carbocycles. The summed E-state index contributed by atoms with van der Waals surface area (Å²) in [6.07, 6.45) is 3.48. The molecule has 0 saturated heterocycles. The second-order valence-corrected chi connectivity index (χ2v) is 5.30. The van der Waals surface area contributed by atoms with Gasteiger partial charge in [0.2, 0.25) is 0 Å². The van der Waals surface area contributed by atoms with Gasteiger partial charge in [-0.2, -0.15) is 0 Å². The number of aryl methyl sites for hydroxylation is 1. The molecule has 1 aromatic carbocycles. The Bertz CT molecular complexity index is 583. The van der Waals surface area contributed by atoms with E-state index < -0.39 is 0 Å². The Balaban J connectivity index is 2.13. The van der Waals surface area contributed by atoms with Crippen LogP contribution in [0.3, 0.4) is 0 Å². The predicted molar refractivity (Wildman–Crippen MR) is 69.9 cm³/mol. The number of para-hydroxylation sites is 1. The summed E-state index contributed by atoms with van der Waals surface area (Å²) in [5, 5.41) is 12.1. The second-order valence-electron chi connectivity index (χ2n) is 5.30. The zero-order valence-electron chi connectivity index (χ0n) is 10.7. The van der Waals surface area contributed by atoms with E-state index in [4.69, 9.17) is 5.73 Å². The summed E-state index contributed by atoms with van der Waals surface area (Å²) in [6, 6.07) is 5.97. The molecule has 5 heteroatoms. The molecule has 1 heterocycles. The van der Waals surface area contributed by atoms with Gasteiger partial charge in [0, 0.05) is 11.3 Å². The number of nitrogen functional groups attached to an aromatic ring is 1. The zero-order valence-corrected chi connectivity index (χ0v) is 10.7. The SMILES string of the molecule is Cc1cccc(-c2nnnn2C2(C)CCC2)c1N. The van der Waals surface area contributed by atoms with Crippen molar-refractivity contribution in [2.24, 2.45) is 0 Å². The third-order valence-corrected chi connectivity index (χ3v) is 3.98. The monoisotopic (exact) mass is 243 g/mol. The van der Waals surface area contributed by atoms with Crippen molar-refractivity contribution in [1.29, 1.82) is 0 Å². The van der Waals surface area contributed by atoms with Crippen LogP contribution in [0.2, 0.25) is 0 Å². The van der Waals surface area contributed by atoms with E-state index in [0.717, 1.165) is 35.5 Å². The van der Waals surface area contributed by atoms with Gasteiger partial charge in [0.15, 0.2) is 5.82 Å². The number of nitrogens with two attached hydrogens (primary N) is 1. The van der Waals surface area contributed by atoms with Crippen molar-refractivity contribution in [2.75, 3.05) is 5.73 Å². The Morgan fingerprint density at radius 2 is 2.11 bits per heavy atom. The molecule has 0 atom stereocenters. The topological polar surface area (TPSA) is 69.6 Å². The molecule has 94 valence electrons. The minimum atomic E-state index is 0.0506. The van der Waals surface area contributed by atoms with Gasteiger partial charge in [0.05, 0.1) is 5.54 Å². The molecule has 0 bridgehead atoms. The minimum absolute atomic E-state index is 0.0506. The Hall–Kier alpha value is -1.91. The first kappa shape index (κ1) is 11.2. The smallest absolute Gasteiger partial charge is 0.184 e. The average molecular weight is 243 g/mol. The molecule has 0 aliphatic heterocycles. The number of hydrogen-bond acceptors (Lipinski definition) is 4. The van der Waals surface area contributed by atoms with Gasteiger partial charge in [-0.1, -0.05) is 12.1 Å². The fourth-order valence-electron chi connectivity index (χ4n) is 2.49. The van der Waals surface area contributed by atoms with Crippen LogP contribution in [0.15, 0.2) is 18.2 Å². The lowest BCUT2D eigenvalue weighted by Gasteiger charge is -2.38. The first-order chi connectivity index (χ1) is 8.62. The summed E-state index contributed by atoms with van der Waals surface area (Å²) in [5.41, 5.74) is 8.93.